The molecule has 0 radical (unpaired) electrons. The Labute approximate surface area is 137 Å². The van der Waals surface area contributed by atoms with E-state index in [4.69, 9.17) is 4.74 Å². The van der Waals surface area contributed by atoms with E-state index in [0.29, 0.717) is 12.1 Å². The summed E-state index contributed by atoms with van der Waals surface area (Å²) in [6, 6.07) is 0.442. The summed E-state index contributed by atoms with van der Waals surface area (Å²) in [4.78, 5) is 14.1. The van der Waals surface area contributed by atoms with Gasteiger partial charge in [0.15, 0.2) is 5.69 Å². The summed E-state index contributed by atoms with van der Waals surface area (Å²) >= 11 is 0. The Morgan fingerprint density at radius 2 is 2.09 bits per heavy atom. The van der Waals surface area contributed by atoms with Crippen molar-refractivity contribution < 1.29 is 14.6 Å². The fourth-order valence-electron chi connectivity index (χ4n) is 4.03. The number of rotatable bonds is 5. The molecule has 3 rings (SSSR count). The molecule has 23 heavy (non-hydrogen) atoms. The Kier molecular flexibility index (Phi) is 5.02. The molecule has 1 atom stereocenters. The van der Waals surface area contributed by atoms with Crippen LogP contribution in [0.15, 0.2) is 0 Å². The molecular formula is C17H27N3O3. The lowest BCUT2D eigenvalue weighted by Crippen LogP contribution is -2.45. The van der Waals surface area contributed by atoms with Crippen molar-refractivity contribution in [3.05, 3.63) is 17.0 Å². The highest BCUT2D eigenvalue weighted by Crippen LogP contribution is 2.29. The van der Waals surface area contributed by atoms with Crippen molar-refractivity contribution in [3.8, 4) is 0 Å². The number of hydrogen-bond acceptors (Lipinski definition) is 4. The lowest BCUT2D eigenvalue weighted by Gasteiger charge is -2.39. The topological polar surface area (TPSA) is 67.6 Å². The molecule has 0 saturated carbocycles. The number of fused-ring (bicyclic) bond motifs is 1. The van der Waals surface area contributed by atoms with Crippen LogP contribution in [0, 0.1) is 0 Å². The van der Waals surface area contributed by atoms with Crippen LogP contribution in [-0.2, 0) is 24.1 Å². The number of methoxy groups -OCH3 is 1. The van der Waals surface area contributed by atoms with Crippen LogP contribution in [-0.4, -0.2) is 58.1 Å². The molecule has 1 fully saturated rings. The summed E-state index contributed by atoms with van der Waals surface area (Å²) in [5, 5.41) is 13.8. The first kappa shape index (κ1) is 16.5. The van der Waals surface area contributed by atoms with Crippen molar-refractivity contribution in [1.82, 2.24) is 14.7 Å². The first-order chi connectivity index (χ1) is 11.1. The van der Waals surface area contributed by atoms with Crippen LogP contribution < -0.4 is 0 Å². The van der Waals surface area contributed by atoms with Crippen LogP contribution in [0.4, 0.5) is 0 Å². The first-order valence-corrected chi connectivity index (χ1v) is 8.72. The molecule has 6 nitrogen and oxygen atoms in total. The summed E-state index contributed by atoms with van der Waals surface area (Å²) in [6.45, 7) is 4.99. The van der Waals surface area contributed by atoms with Gasteiger partial charge in [0.25, 0.3) is 0 Å². The number of carbonyl (C=O) groups is 1. The number of aromatic nitrogens is 2. The maximum Gasteiger partial charge on any atom is 0.356 e. The van der Waals surface area contributed by atoms with E-state index in [1.807, 2.05) is 4.68 Å². The molecule has 1 aliphatic heterocycles. The highest BCUT2D eigenvalue weighted by atomic mass is 16.5. The molecule has 1 aliphatic carbocycles. The van der Waals surface area contributed by atoms with Crippen LogP contribution in [0.5, 0.6) is 0 Å². The van der Waals surface area contributed by atoms with Gasteiger partial charge in [0.05, 0.1) is 6.10 Å². The summed E-state index contributed by atoms with van der Waals surface area (Å²) in [5.74, 6) is -0.894. The average molecular weight is 321 g/mol. The maximum absolute atomic E-state index is 11.5. The van der Waals surface area contributed by atoms with E-state index in [-0.39, 0.29) is 5.69 Å². The lowest BCUT2D eigenvalue weighted by molar-refractivity contribution is 0.0248. The van der Waals surface area contributed by atoms with Gasteiger partial charge in [-0.25, -0.2) is 4.79 Å². The van der Waals surface area contributed by atoms with E-state index >= 15 is 0 Å². The quantitative estimate of drug-likeness (QED) is 0.898. The third-order valence-corrected chi connectivity index (χ3v) is 5.28. The number of carboxylic acids is 1. The number of ether oxygens (including phenoxy) is 1. The fourth-order valence-corrected chi connectivity index (χ4v) is 4.03. The van der Waals surface area contributed by atoms with Crippen molar-refractivity contribution >= 4 is 5.97 Å². The normalized spacial score (nSPS) is 23.0. The second-order valence-corrected chi connectivity index (χ2v) is 6.67. The predicted molar refractivity (Wildman–Crippen MR) is 86.9 cm³/mol. The van der Waals surface area contributed by atoms with E-state index in [1.54, 1.807) is 7.11 Å². The molecule has 0 aromatic carbocycles. The Morgan fingerprint density at radius 3 is 2.70 bits per heavy atom. The Balaban J connectivity index is 1.76. The van der Waals surface area contributed by atoms with Crippen molar-refractivity contribution in [3.63, 3.8) is 0 Å². The number of aromatic carboxylic acids is 1. The lowest BCUT2D eigenvalue weighted by atomic mass is 9.89. The molecule has 0 unspecified atom stereocenters. The minimum atomic E-state index is -0.894. The Bertz CT molecular complexity index is 562. The zero-order chi connectivity index (χ0) is 16.4. The summed E-state index contributed by atoms with van der Waals surface area (Å²) in [5.41, 5.74) is 2.38. The van der Waals surface area contributed by atoms with E-state index in [2.05, 4.69) is 16.9 Å². The smallest absolute Gasteiger partial charge is 0.356 e. The minimum absolute atomic E-state index is 0.268. The molecule has 0 bridgehead atoms. The molecular weight excluding hydrogens is 294 g/mol. The molecule has 6 heteroatoms. The summed E-state index contributed by atoms with van der Waals surface area (Å²) < 4.78 is 7.37. The number of carboxylic acid groups (broad SMARTS) is 1. The van der Waals surface area contributed by atoms with Crippen molar-refractivity contribution in [2.45, 2.75) is 64.1 Å². The number of likely N-dealkylation sites (tertiary alicyclic amines) is 1. The second-order valence-electron chi connectivity index (χ2n) is 6.67. The standard InChI is InChI=1S/C17H27N3O3/c1-3-8-20-15-5-4-12(11-14(15)16(18-20)17(21)22)19-9-6-13(23-2)7-10-19/h12-13H,3-11H2,1-2H3,(H,21,22)/t12-/m0/s1. The van der Waals surface area contributed by atoms with Crippen LogP contribution >= 0.6 is 0 Å². The Morgan fingerprint density at radius 1 is 1.35 bits per heavy atom. The van der Waals surface area contributed by atoms with E-state index in [1.165, 1.54) is 0 Å². The number of aryl methyl sites for hydroxylation is 1. The number of piperidine rings is 1. The molecule has 1 N–H and O–H groups in total. The molecule has 0 spiro atoms. The zero-order valence-corrected chi connectivity index (χ0v) is 14.1. The summed E-state index contributed by atoms with van der Waals surface area (Å²) in [7, 11) is 1.79. The highest BCUT2D eigenvalue weighted by molar-refractivity contribution is 5.87. The zero-order valence-electron chi connectivity index (χ0n) is 14.1. The molecule has 128 valence electrons. The Hall–Kier alpha value is -1.40. The van der Waals surface area contributed by atoms with Gasteiger partial charge in [-0.1, -0.05) is 6.92 Å². The molecule has 2 aliphatic rings. The number of hydrogen-bond donors (Lipinski definition) is 1. The monoisotopic (exact) mass is 321 g/mol. The molecule has 0 amide bonds. The highest BCUT2D eigenvalue weighted by Gasteiger charge is 2.33. The van der Waals surface area contributed by atoms with Crippen molar-refractivity contribution in [2.75, 3.05) is 20.2 Å². The van der Waals surface area contributed by atoms with Crippen LogP contribution in [0.1, 0.15) is 54.4 Å². The minimum Gasteiger partial charge on any atom is -0.476 e. The van der Waals surface area contributed by atoms with E-state index < -0.39 is 5.97 Å². The van der Waals surface area contributed by atoms with Gasteiger partial charge in [0.1, 0.15) is 0 Å². The van der Waals surface area contributed by atoms with Gasteiger partial charge in [-0.15, -0.1) is 0 Å². The van der Waals surface area contributed by atoms with Gasteiger partial charge >= 0.3 is 5.97 Å². The van der Waals surface area contributed by atoms with Crippen molar-refractivity contribution in [1.29, 1.82) is 0 Å². The van der Waals surface area contributed by atoms with Gasteiger partial charge in [0, 0.05) is 44.0 Å². The first-order valence-electron chi connectivity index (χ1n) is 8.72. The van der Waals surface area contributed by atoms with Crippen LogP contribution in [0.25, 0.3) is 0 Å². The molecule has 1 saturated heterocycles. The largest absolute Gasteiger partial charge is 0.476 e. The SMILES string of the molecule is CCCn1nc(C(=O)O)c2c1CC[C@H](N1CCC(OC)CC1)C2. The second kappa shape index (κ2) is 7.01. The van der Waals surface area contributed by atoms with Crippen LogP contribution in [0.2, 0.25) is 0 Å². The van der Waals surface area contributed by atoms with E-state index in [0.717, 1.165) is 69.4 Å². The molecule has 1 aromatic rings. The molecule has 1 aromatic heterocycles. The van der Waals surface area contributed by atoms with Gasteiger partial charge < -0.3 is 9.84 Å². The van der Waals surface area contributed by atoms with E-state index in [9.17, 15) is 9.90 Å². The van der Waals surface area contributed by atoms with Crippen LogP contribution in [0.3, 0.4) is 0 Å². The third kappa shape index (κ3) is 3.28. The van der Waals surface area contributed by atoms with Gasteiger partial charge in [-0.05, 0) is 38.5 Å². The third-order valence-electron chi connectivity index (χ3n) is 5.28. The summed E-state index contributed by atoms with van der Waals surface area (Å²) in [6.07, 6.45) is 6.34. The average Bonchev–Trinajstić information content (AvgIpc) is 2.93. The fraction of sp³-hybridized carbons (Fsp3) is 0.765. The van der Waals surface area contributed by atoms with Gasteiger partial charge in [-0.2, -0.15) is 5.10 Å². The van der Waals surface area contributed by atoms with Crippen molar-refractivity contribution in [2.24, 2.45) is 0 Å². The number of nitrogens with zero attached hydrogens (tertiary/aromatic N) is 3. The van der Waals surface area contributed by atoms with Gasteiger partial charge in [-0.3, -0.25) is 9.58 Å². The molecule has 2 heterocycles. The van der Waals surface area contributed by atoms with Gasteiger partial charge in [0.2, 0.25) is 0 Å². The predicted octanol–water partition coefficient (Wildman–Crippen LogP) is 1.96. The maximum atomic E-state index is 11.5.